The molecular weight excluding hydrogens is 354 g/mol. The number of aliphatic hydroxyl groups excluding tert-OH is 2. The van der Waals surface area contributed by atoms with E-state index in [0.717, 1.165) is 10.4 Å². The predicted octanol–water partition coefficient (Wildman–Crippen LogP) is -0.127. The first-order chi connectivity index (χ1) is 9.23. The number of halogens is 1. The van der Waals surface area contributed by atoms with E-state index < -0.39 is 28.2 Å². The minimum Gasteiger partial charge on any atom is -0.478 e. The normalized spacial score (nSPS) is 23.9. The van der Waals surface area contributed by atoms with Crippen LogP contribution in [0.3, 0.4) is 0 Å². The van der Waals surface area contributed by atoms with Crippen LogP contribution in [0.5, 0.6) is 0 Å². The second kappa shape index (κ2) is 5.41. The average Bonchev–Trinajstić information content (AvgIpc) is 2.70. The monoisotopic (exact) mass is 365 g/mol. The second-order valence-electron chi connectivity index (χ2n) is 4.40. The largest absolute Gasteiger partial charge is 0.478 e. The van der Waals surface area contributed by atoms with Crippen LogP contribution in [0.15, 0.2) is 27.6 Å². The molecule has 0 spiro atoms. The summed E-state index contributed by atoms with van der Waals surface area (Å²) in [7, 11) is -3.95. The summed E-state index contributed by atoms with van der Waals surface area (Å²) in [4.78, 5) is 10.8. The molecule has 0 saturated carbocycles. The third kappa shape index (κ3) is 2.72. The van der Waals surface area contributed by atoms with Gasteiger partial charge in [-0.2, -0.15) is 4.31 Å². The van der Waals surface area contributed by atoms with E-state index in [4.69, 9.17) is 5.11 Å². The summed E-state index contributed by atoms with van der Waals surface area (Å²) in [6.07, 6.45) is -2.28. The lowest BCUT2D eigenvalue weighted by atomic mass is 10.2. The molecule has 0 aliphatic carbocycles. The summed E-state index contributed by atoms with van der Waals surface area (Å²) < 4.78 is 25.8. The minimum absolute atomic E-state index is 0.175. The average molecular weight is 366 g/mol. The Kier molecular flexibility index (Phi) is 4.17. The van der Waals surface area contributed by atoms with Crippen LogP contribution in [0.4, 0.5) is 0 Å². The number of aliphatic hydroxyl groups is 2. The smallest absolute Gasteiger partial charge is 0.336 e. The van der Waals surface area contributed by atoms with Crippen molar-refractivity contribution >= 4 is 31.9 Å². The van der Waals surface area contributed by atoms with Crippen LogP contribution in [0, 0.1) is 0 Å². The number of carbonyl (C=O) groups is 1. The van der Waals surface area contributed by atoms with Crippen molar-refractivity contribution < 1.29 is 28.5 Å². The number of carboxylic acid groups (broad SMARTS) is 1. The van der Waals surface area contributed by atoms with Crippen molar-refractivity contribution in [1.82, 2.24) is 4.31 Å². The lowest BCUT2D eigenvalue weighted by Gasteiger charge is -2.16. The molecule has 1 aliphatic heterocycles. The van der Waals surface area contributed by atoms with Gasteiger partial charge in [0, 0.05) is 17.6 Å². The van der Waals surface area contributed by atoms with Gasteiger partial charge < -0.3 is 15.3 Å². The van der Waals surface area contributed by atoms with E-state index in [-0.39, 0.29) is 28.0 Å². The fraction of sp³-hybridized carbons (Fsp3) is 0.364. The van der Waals surface area contributed by atoms with Gasteiger partial charge in [-0.05, 0) is 34.1 Å². The molecule has 0 aromatic heterocycles. The van der Waals surface area contributed by atoms with Crippen LogP contribution in [-0.4, -0.2) is 59.3 Å². The molecule has 20 heavy (non-hydrogen) atoms. The number of benzene rings is 1. The Bertz CT molecular complexity index is 636. The van der Waals surface area contributed by atoms with Crippen LogP contribution in [0.25, 0.3) is 0 Å². The van der Waals surface area contributed by atoms with Crippen molar-refractivity contribution in [3.8, 4) is 0 Å². The Labute approximate surface area is 123 Å². The maximum absolute atomic E-state index is 12.3. The molecule has 9 heteroatoms. The zero-order valence-electron chi connectivity index (χ0n) is 10.1. The van der Waals surface area contributed by atoms with E-state index in [1.165, 1.54) is 12.1 Å². The van der Waals surface area contributed by atoms with Crippen LogP contribution >= 0.6 is 15.9 Å². The molecule has 1 heterocycles. The molecule has 0 amide bonds. The third-order valence-corrected chi connectivity index (χ3v) is 5.55. The molecule has 7 nitrogen and oxygen atoms in total. The molecule has 1 aromatic carbocycles. The summed E-state index contributed by atoms with van der Waals surface area (Å²) in [5, 5.41) is 27.8. The molecule has 3 N–H and O–H groups in total. The first-order valence-corrected chi connectivity index (χ1v) is 7.86. The molecule has 1 aromatic rings. The molecule has 1 fully saturated rings. The van der Waals surface area contributed by atoms with Crippen molar-refractivity contribution in [2.24, 2.45) is 0 Å². The minimum atomic E-state index is -3.95. The summed E-state index contributed by atoms with van der Waals surface area (Å²) in [6.45, 7) is -0.441. The Balaban J connectivity index is 2.40. The molecule has 1 aliphatic rings. The van der Waals surface area contributed by atoms with Gasteiger partial charge in [0.2, 0.25) is 10.0 Å². The van der Waals surface area contributed by atoms with Gasteiger partial charge in [0.15, 0.2) is 0 Å². The quantitative estimate of drug-likeness (QED) is 0.687. The van der Waals surface area contributed by atoms with E-state index in [2.05, 4.69) is 15.9 Å². The van der Waals surface area contributed by atoms with E-state index in [1.807, 2.05) is 0 Å². The number of aromatic carboxylic acids is 1. The van der Waals surface area contributed by atoms with E-state index >= 15 is 0 Å². The Hall–Kier alpha value is -1.00. The number of β-amino-alcohol motifs (C(OH)–C–C–N with tert-alkyl or cyclic N) is 2. The Morgan fingerprint density at radius 3 is 2.30 bits per heavy atom. The van der Waals surface area contributed by atoms with Crippen LogP contribution in [-0.2, 0) is 10.0 Å². The van der Waals surface area contributed by atoms with E-state index in [9.17, 15) is 23.4 Å². The highest BCUT2D eigenvalue weighted by atomic mass is 79.9. The van der Waals surface area contributed by atoms with E-state index in [1.54, 1.807) is 0 Å². The number of sulfonamides is 1. The maximum atomic E-state index is 12.3. The van der Waals surface area contributed by atoms with Gasteiger partial charge in [-0.1, -0.05) is 0 Å². The summed E-state index contributed by atoms with van der Waals surface area (Å²) in [5.74, 6) is -1.25. The molecule has 0 radical (unpaired) electrons. The summed E-state index contributed by atoms with van der Waals surface area (Å²) >= 11 is 3.03. The first-order valence-electron chi connectivity index (χ1n) is 5.62. The molecule has 1 saturated heterocycles. The number of carboxylic acids is 1. The standard InChI is InChI=1S/C11H12BrNO6S/c12-8-2-1-6(3-7(8)11(16)17)20(18,19)13-4-9(14)10(15)5-13/h1-3,9-10,14-15H,4-5H2,(H,16,17)/t9-,10+. The highest BCUT2D eigenvalue weighted by Gasteiger charge is 2.37. The van der Waals surface area contributed by atoms with Crippen molar-refractivity contribution in [3.63, 3.8) is 0 Å². The molecular formula is C11H12BrNO6S. The molecule has 0 unspecified atom stereocenters. The number of hydrogen-bond donors (Lipinski definition) is 3. The van der Waals surface area contributed by atoms with Gasteiger partial charge in [-0.25, -0.2) is 13.2 Å². The predicted molar refractivity (Wildman–Crippen MR) is 71.9 cm³/mol. The van der Waals surface area contributed by atoms with Gasteiger partial charge in [-0.3, -0.25) is 0 Å². The molecule has 2 rings (SSSR count). The third-order valence-electron chi connectivity index (χ3n) is 3.03. The second-order valence-corrected chi connectivity index (χ2v) is 7.20. The van der Waals surface area contributed by atoms with Crippen molar-refractivity contribution in [3.05, 3.63) is 28.2 Å². The molecule has 0 bridgehead atoms. The van der Waals surface area contributed by atoms with Gasteiger partial charge >= 0.3 is 5.97 Å². The fourth-order valence-electron chi connectivity index (χ4n) is 1.91. The maximum Gasteiger partial charge on any atom is 0.336 e. The highest BCUT2D eigenvalue weighted by molar-refractivity contribution is 9.10. The number of rotatable bonds is 3. The molecule has 110 valence electrons. The van der Waals surface area contributed by atoms with Crippen LogP contribution in [0.1, 0.15) is 10.4 Å². The first kappa shape index (κ1) is 15.4. The van der Waals surface area contributed by atoms with Crippen molar-refractivity contribution in [1.29, 1.82) is 0 Å². The Morgan fingerprint density at radius 1 is 1.25 bits per heavy atom. The lowest BCUT2D eigenvalue weighted by molar-refractivity contribution is 0.0572. The van der Waals surface area contributed by atoms with Crippen molar-refractivity contribution in [2.75, 3.05) is 13.1 Å². The summed E-state index contributed by atoms with van der Waals surface area (Å²) in [6, 6.07) is 3.64. The topological polar surface area (TPSA) is 115 Å². The Morgan fingerprint density at radius 2 is 1.80 bits per heavy atom. The fourth-order valence-corrected chi connectivity index (χ4v) is 3.83. The van der Waals surface area contributed by atoms with E-state index in [0.29, 0.717) is 0 Å². The lowest BCUT2D eigenvalue weighted by Crippen LogP contribution is -2.30. The summed E-state index contributed by atoms with van der Waals surface area (Å²) in [5.41, 5.74) is -0.175. The van der Waals surface area contributed by atoms with Crippen molar-refractivity contribution in [2.45, 2.75) is 17.1 Å². The molecule has 2 atom stereocenters. The zero-order chi connectivity index (χ0) is 15.1. The SMILES string of the molecule is O=C(O)c1cc(S(=O)(=O)N2C[C@@H](O)[C@@H](O)C2)ccc1Br. The van der Waals surface area contributed by atoms with Crippen LogP contribution < -0.4 is 0 Å². The van der Waals surface area contributed by atoms with Gasteiger partial charge in [-0.15, -0.1) is 0 Å². The van der Waals surface area contributed by atoms with Gasteiger partial charge in [0.05, 0.1) is 22.7 Å². The van der Waals surface area contributed by atoms with Crippen LogP contribution in [0.2, 0.25) is 0 Å². The number of nitrogens with zero attached hydrogens (tertiary/aromatic N) is 1. The van der Waals surface area contributed by atoms with Gasteiger partial charge in [0.25, 0.3) is 0 Å². The van der Waals surface area contributed by atoms with Gasteiger partial charge in [0.1, 0.15) is 0 Å². The highest BCUT2D eigenvalue weighted by Crippen LogP contribution is 2.25. The number of hydrogen-bond acceptors (Lipinski definition) is 5. The zero-order valence-corrected chi connectivity index (χ0v) is 12.5.